The topological polar surface area (TPSA) is 93.8 Å². The van der Waals surface area contributed by atoms with Crippen LogP contribution in [0.5, 0.6) is 17.5 Å². The predicted molar refractivity (Wildman–Crippen MR) is 99.4 cm³/mol. The van der Waals surface area contributed by atoms with Gasteiger partial charge in [0.2, 0.25) is 11.8 Å². The Hall–Kier alpha value is -2.38. The Morgan fingerprint density at radius 1 is 1.36 bits per heavy atom. The highest BCUT2D eigenvalue weighted by molar-refractivity contribution is 6.61. The number of rotatable bonds is 7. The summed E-state index contributed by atoms with van der Waals surface area (Å²) in [4.78, 5) is 4.10. The largest absolute Gasteiger partial charge is 0.491 e. The molecule has 2 heterocycles. The molecule has 0 atom stereocenters. The van der Waals surface area contributed by atoms with Crippen LogP contribution in [0.15, 0.2) is 18.2 Å². The fraction of sp³-hybridized carbons (Fsp3) is 0.333. The first-order chi connectivity index (χ1) is 13.4. The zero-order valence-corrected chi connectivity index (χ0v) is 16.0. The highest BCUT2D eigenvalue weighted by Gasteiger charge is 2.29. The summed E-state index contributed by atoms with van der Waals surface area (Å²) in [7, 11) is -1.16. The molecule has 1 aromatic heterocycles. The van der Waals surface area contributed by atoms with Gasteiger partial charge in [0.05, 0.1) is 19.3 Å². The number of hydrogen-bond acceptors (Lipinski definition) is 7. The summed E-state index contributed by atoms with van der Waals surface area (Å²) in [6.07, 6.45) is 0.0430. The van der Waals surface area contributed by atoms with Gasteiger partial charge in [0, 0.05) is 0 Å². The van der Waals surface area contributed by atoms with Gasteiger partial charge in [-0.3, -0.25) is 0 Å². The van der Waals surface area contributed by atoms with Gasteiger partial charge in [0.25, 0.3) is 0 Å². The molecule has 0 fully saturated rings. The molecule has 7 nitrogen and oxygen atoms in total. The van der Waals surface area contributed by atoms with Crippen LogP contribution in [0.3, 0.4) is 0 Å². The maximum Gasteiger partial charge on any atom is 0.491 e. The molecule has 28 heavy (non-hydrogen) atoms. The maximum atomic E-state index is 14.3. The van der Waals surface area contributed by atoms with Crippen molar-refractivity contribution in [3.8, 4) is 23.6 Å². The van der Waals surface area contributed by atoms with Gasteiger partial charge in [-0.1, -0.05) is 11.6 Å². The van der Waals surface area contributed by atoms with Crippen molar-refractivity contribution in [2.45, 2.75) is 26.6 Å². The lowest BCUT2D eigenvalue weighted by Gasteiger charge is -2.13. The SMILES string of the molecule is CC(C)OCCOc1nc(Oc2cc3c(cc2F)B(O)OC3)c(Cl)cc1C#N. The normalized spacial score (nSPS) is 12.8. The highest BCUT2D eigenvalue weighted by atomic mass is 35.5. The molecule has 1 aromatic carbocycles. The van der Waals surface area contributed by atoms with E-state index in [1.807, 2.05) is 19.9 Å². The molecule has 2 aromatic rings. The van der Waals surface area contributed by atoms with Crippen molar-refractivity contribution in [2.24, 2.45) is 0 Å². The van der Waals surface area contributed by atoms with Crippen LogP contribution in [-0.4, -0.2) is 36.4 Å². The predicted octanol–water partition coefficient (Wildman–Crippen LogP) is 2.56. The zero-order valence-electron chi connectivity index (χ0n) is 15.2. The van der Waals surface area contributed by atoms with E-state index >= 15 is 0 Å². The third kappa shape index (κ3) is 4.54. The van der Waals surface area contributed by atoms with Crippen molar-refractivity contribution < 1.29 is 28.3 Å². The molecule has 10 heteroatoms. The van der Waals surface area contributed by atoms with Crippen LogP contribution >= 0.6 is 11.6 Å². The molecular weight excluding hydrogens is 389 g/mol. The van der Waals surface area contributed by atoms with E-state index in [4.69, 9.17) is 30.5 Å². The molecule has 0 unspecified atom stereocenters. The number of hydrogen-bond donors (Lipinski definition) is 1. The van der Waals surface area contributed by atoms with Crippen LogP contribution in [-0.2, 0) is 16.0 Å². The summed E-state index contributed by atoms with van der Waals surface area (Å²) >= 11 is 6.12. The molecule has 0 saturated carbocycles. The van der Waals surface area contributed by atoms with Crippen LogP contribution in [0, 0.1) is 17.1 Å². The lowest BCUT2D eigenvalue weighted by Crippen LogP contribution is -2.28. The van der Waals surface area contributed by atoms with Gasteiger partial charge in [-0.15, -0.1) is 0 Å². The number of benzene rings is 1. The molecule has 1 aliphatic rings. The van der Waals surface area contributed by atoms with E-state index in [0.717, 1.165) is 6.07 Å². The molecule has 146 valence electrons. The van der Waals surface area contributed by atoms with Gasteiger partial charge in [0.1, 0.15) is 23.3 Å². The molecule has 0 amide bonds. The Balaban J connectivity index is 1.82. The molecule has 0 aliphatic carbocycles. The quantitative estimate of drug-likeness (QED) is 0.558. The standard InChI is InChI=1S/C18H17BClFN2O5/c1-10(2)25-3-4-26-17-11(8-22)5-14(20)18(23-17)28-16-6-12-9-27-19(24)13(12)7-15(16)21/h5-7,10,24H,3-4,9H2,1-2H3. The second-order valence-electron chi connectivity index (χ2n) is 6.25. The van der Waals surface area contributed by atoms with Crippen LogP contribution in [0.2, 0.25) is 5.02 Å². The molecule has 1 aliphatic heterocycles. The molecule has 0 saturated heterocycles. The Morgan fingerprint density at radius 3 is 2.86 bits per heavy atom. The lowest BCUT2D eigenvalue weighted by molar-refractivity contribution is 0.0541. The van der Waals surface area contributed by atoms with Crippen molar-refractivity contribution in [3.05, 3.63) is 40.2 Å². The average molecular weight is 407 g/mol. The number of nitrogens with zero attached hydrogens (tertiary/aromatic N) is 2. The Kier molecular flexibility index (Phi) is 6.37. The summed E-state index contributed by atoms with van der Waals surface area (Å²) < 4.78 is 35.8. The van der Waals surface area contributed by atoms with Crippen LogP contribution in [0.25, 0.3) is 0 Å². The lowest BCUT2D eigenvalue weighted by atomic mass is 9.79. The first-order valence-electron chi connectivity index (χ1n) is 8.54. The number of aromatic nitrogens is 1. The minimum absolute atomic E-state index is 0.00887. The van der Waals surface area contributed by atoms with Gasteiger partial charge in [-0.2, -0.15) is 10.2 Å². The monoisotopic (exact) mass is 406 g/mol. The van der Waals surface area contributed by atoms with Crippen molar-refractivity contribution in [1.29, 1.82) is 5.26 Å². The number of pyridine rings is 1. The van der Waals surface area contributed by atoms with E-state index in [2.05, 4.69) is 4.98 Å². The van der Waals surface area contributed by atoms with Gasteiger partial charge in [0.15, 0.2) is 11.6 Å². The van der Waals surface area contributed by atoms with Crippen LogP contribution < -0.4 is 14.9 Å². The zero-order chi connectivity index (χ0) is 20.3. The van der Waals surface area contributed by atoms with E-state index < -0.39 is 12.9 Å². The number of halogens is 2. The molecular formula is C18H17BClFN2O5. The van der Waals surface area contributed by atoms with Crippen molar-refractivity contribution in [3.63, 3.8) is 0 Å². The van der Waals surface area contributed by atoms with E-state index in [-0.39, 0.29) is 47.4 Å². The smallest absolute Gasteiger partial charge is 0.474 e. The van der Waals surface area contributed by atoms with E-state index in [9.17, 15) is 14.7 Å². The summed E-state index contributed by atoms with van der Waals surface area (Å²) in [5.74, 6) is -0.948. The Morgan fingerprint density at radius 2 is 2.14 bits per heavy atom. The average Bonchev–Trinajstić information content (AvgIpc) is 3.00. The maximum absolute atomic E-state index is 14.3. The Bertz CT molecular complexity index is 922. The summed E-state index contributed by atoms with van der Waals surface area (Å²) in [5, 5.41) is 18.9. The van der Waals surface area contributed by atoms with Crippen molar-refractivity contribution in [2.75, 3.05) is 13.2 Å². The second-order valence-corrected chi connectivity index (χ2v) is 6.66. The first-order valence-corrected chi connectivity index (χ1v) is 8.91. The van der Waals surface area contributed by atoms with E-state index in [1.165, 1.54) is 12.1 Å². The van der Waals surface area contributed by atoms with Crippen LogP contribution in [0.4, 0.5) is 4.39 Å². The third-order valence-corrected chi connectivity index (χ3v) is 4.14. The summed E-state index contributed by atoms with van der Waals surface area (Å²) in [6.45, 7) is 4.39. The molecule has 0 radical (unpaired) electrons. The minimum Gasteiger partial charge on any atom is -0.474 e. The molecule has 0 bridgehead atoms. The second kappa shape index (κ2) is 8.75. The van der Waals surface area contributed by atoms with Gasteiger partial charge >= 0.3 is 7.12 Å². The Labute approximate surface area is 166 Å². The molecule has 0 spiro atoms. The first kappa shape index (κ1) is 20.4. The van der Waals surface area contributed by atoms with Crippen molar-refractivity contribution >= 4 is 24.2 Å². The third-order valence-electron chi connectivity index (χ3n) is 3.87. The molecule has 1 N–H and O–H groups in total. The van der Waals surface area contributed by atoms with Crippen molar-refractivity contribution in [1.82, 2.24) is 4.98 Å². The molecule has 3 rings (SSSR count). The summed E-state index contributed by atoms with van der Waals surface area (Å²) in [6, 6.07) is 5.82. The van der Waals surface area contributed by atoms with Gasteiger partial charge < -0.3 is 23.9 Å². The van der Waals surface area contributed by atoms with E-state index in [0.29, 0.717) is 17.6 Å². The fourth-order valence-electron chi connectivity index (χ4n) is 2.55. The highest BCUT2D eigenvalue weighted by Crippen LogP contribution is 2.33. The van der Waals surface area contributed by atoms with Gasteiger partial charge in [-0.05, 0) is 43.1 Å². The number of nitriles is 1. The minimum atomic E-state index is -1.16. The summed E-state index contributed by atoms with van der Waals surface area (Å²) in [5.41, 5.74) is 1.06. The van der Waals surface area contributed by atoms with E-state index in [1.54, 1.807) is 0 Å². The van der Waals surface area contributed by atoms with Gasteiger partial charge in [-0.25, -0.2) is 4.39 Å². The fourth-order valence-corrected chi connectivity index (χ4v) is 2.74. The number of ether oxygens (including phenoxy) is 3. The number of fused-ring (bicyclic) bond motifs is 1. The van der Waals surface area contributed by atoms with Crippen LogP contribution in [0.1, 0.15) is 25.0 Å².